The van der Waals surface area contributed by atoms with E-state index >= 15 is 0 Å². The Hall–Kier alpha value is -0.130. The third-order valence-electron chi connectivity index (χ3n) is 5.14. The molecule has 2 nitrogen and oxygen atoms in total. The largest absolute Gasteiger partial charge is 0.314 e. The Kier molecular flexibility index (Phi) is 5.00. The molecule has 20 heavy (non-hydrogen) atoms. The van der Waals surface area contributed by atoms with Crippen LogP contribution in [-0.2, 0) is 0 Å². The Morgan fingerprint density at radius 1 is 1.15 bits per heavy atom. The molecule has 2 saturated heterocycles. The zero-order chi connectivity index (χ0) is 13.9. The van der Waals surface area contributed by atoms with Crippen LogP contribution in [0.1, 0.15) is 44.2 Å². The minimum Gasteiger partial charge on any atom is -0.314 e. The molecule has 2 aliphatic heterocycles. The highest BCUT2D eigenvalue weighted by Crippen LogP contribution is 2.30. The van der Waals surface area contributed by atoms with Crippen molar-refractivity contribution in [3.63, 3.8) is 0 Å². The van der Waals surface area contributed by atoms with Crippen LogP contribution in [0.2, 0.25) is 0 Å². The van der Waals surface area contributed by atoms with Gasteiger partial charge in [-0.3, -0.25) is 4.90 Å². The molecule has 0 amide bonds. The molecule has 3 heteroatoms. The summed E-state index contributed by atoms with van der Waals surface area (Å²) in [6.07, 6.45) is 5.51. The third kappa shape index (κ3) is 3.37. The van der Waals surface area contributed by atoms with Gasteiger partial charge >= 0.3 is 0 Å². The van der Waals surface area contributed by atoms with Gasteiger partial charge in [-0.1, -0.05) is 12.1 Å². The maximum Gasteiger partial charge on any atom is 0.0319 e. The van der Waals surface area contributed by atoms with Crippen molar-refractivity contribution >= 4 is 22.6 Å². The molecule has 0 spiro atoms. The van der Waals surface area contributed by atoms with E-state index in [0.29, 0.717) is 6.04 Å². The molecule has 2 unspecified atom stereocenters. The Bertz CT molecular complexity index is 417. The first-order valence-corrected chi connectivity index (χ1v) is 9.05. The zero-order valence-electron chi connectivity index (χ0n) is 12.3. The Morgan fingerprint density at radius 2 is 1.85 bits per heavy atom. The molecule has 1 N–H and O–H groups in total. The molecule has 0 aromatic heterocycles. The van der Waals surface area contributed by atoms with Crippen LogP contribution in [0.5, 0.6) is 0 Å². The first-order valence-electron chi connectivity index (χ1n) is 7.97. The number of likely N-dealkylation sites (tertiary alicyclic amines) is 1. The van der Waals surface area contributed by atoms with Crippen LogP contribution in [0.15, 0.2) is 24.3 Å². The normalized spacial score (nSPS) is 26.8. The monoisotopic (exact) mass is 384 g/mol. The zero-order valence-corrected chi connectivity index (χ0v) is 14.5. The van der Waals surface area contributed by atoms with Gasteiger partial charge in [-0.25, -0.2) is 0 Å². The van der Waals surface area contributed by atoms with E-state index in [2.05, 4.69) is 64.0 Å². The molecule has 2 atom stereocenters. The predicted octanol–water partition coefficient (Wildman–Crippen LogP) is 3.82. The van der Waals surface area contributed by atoms with Gasteiger partial charge in [0.2, 0.25) is 0 Å². The highest BCUT2D eigenvalue weighted by Gasteiger charge is 2.29. The summed E-state index contributed by atoms with van der Waals surface area (Å²) in [5.41, 5.74) is 1.46. The van der Waals surface area contributed by atoms with Gasteiger partial charge in [0.05, 0.1) is 0 Å². The maximum atomic E-state index is 3.69. The molecule has 0 bridgehead atoms. The number of halogens is 1. The lowest BCUT2D eigenvalue weighted by Gasteiger charge is -2.38. The van der Waals surface area contributed by atoms with Crippen molar-refractivity contribution in [2.45, 2.75) is 44.7 Å². The molecule has 2 heterocycles. The average molecular weight is 384 g/mol. The van der Waals surface area contributed by atoms with E-state index in [-0.39, 0.29) is 0 Å². The number of piperidine rings is 1. The average Bonchev–Trinajstić information content (AvgIpc) is 3.02. The molecule has 0 saturated carbocycles. The second-order valence-corrected chi connectivity index (χ2v) is 7.55. The van der Waals surface area contributed by atoms with Crippen LogP contribution in [0.3, 0.4) is 0 Å². The van der Waals surface area contributed by atoms with E-state index in [0.717, 1.165) is 12.0 Å². The molecule has 3 rings (SSSR count). The lowest BCUT2D eigenvalue weighted by molar-refractivity contribution is 0.126. The minimum atomic E-state index is 0.560. The van der Waals surface area contributed by atoms with Crippen LogP contribution in [0.25, 0.3) is 0 Å². The molecule has 1 aromatic carbocycles. The molecule has 110 valence electrons. The molecule has 2 aliphatic rings. The van der Waals surface area contributed by atoms with Gasteiger partial charge in [-0.15, -0.1) is 0 Å². The number of hydrogen-bond donors (Lipinski definition) is 1. The van der Waals surface area contributed by atoms with Gasteiger partial charge in [0.15, 0.2) is 0 Å². The molecular formula is C17H25IN2. The van der Waals surface area contributed by atoms with Crippen LogP contribution < -0.4 is 5.32 Å². The quantitative estimate of drug-likeness (QED) is 0.798. The molecule has 0 radical (unpaired) electrons. The van der Waals surface area contributed by atoms with Gasteiger partial charge in [-0.2, -0.15) is 0 Å². The van der Waals surface area contributed by atoms with Gasteiger partial charge in [-0.05, 0) is 98.4 Å². The Balaban J connectivity index is 1.55. The van der Waals surface area contributed by atoms with Crippen LogP contribution in [-0.4, -0.2) is 30.6 Å². The first kappa shape index (κ1) is 14.8. The van der Waals surface area contributed by atoms with Crippen LogP contribution in [0, 0.1) is 9.49 Å². The first-order chi connectivity index (χ1) is 9.74. The molecule has 0 aliphatic carbocycles. The highest BCUT2D eigenvalue weighted by atomic mass is 127. The summed E-state index contributed by atoms with van der Waals surface area (Å²) in [4.78, 5) is 2.66. The Labute approximate surface area is 136 Å². The van der Waals surface area contributed by atoms with Crippen molar-refractivity contribution in [2.24, 2.45) is 5.92 Å². The summed E-state index contributed by atoms with van der Waals surface area (Å²) in [5, 5.41) is 3.69. The van der Waals surface area contributed by atoms with Crippen molar-refractivity contribution in [2.75, 3.05) is 19.6 Å². The second-order valence-electron chi connectivity index (χ2n) is 6.30. The van der Waals surface area contributed by atoms with Crippen molar-refractivity contribution in [1.82, 2.24) is 10.2 Å². The summed E-state index contributed by atoms with van der Waals surface area (Å²) in [7, 11) is 0. The van der Waals surface area contributed by atoms with E-state index in [4.69, 9.17) is 0 Å². The number of rotatable bonds is 3. The summed E-state index contributed by atoms with van der Waals surface area (Å²) in [6.45, 7) is 6.12. The van der Waals surface area contributed by atoms with Crippen LogP contribution >= 0.6 is 22.6 Å². The fraction of sp³-hybridized carbons (Fsp3) is 0.647. The summed E-state index contributed by atoms with van der Waals surface area (Å²) in [6, 6.07) is 10.4. The van der Waals surface area contributed by atoms with Crippen molar-refractivity contribution < 1.29 is 0 Å². The van der Waals surface area contributed by atoms with Crippen molar-refractivity contribution in [1.29, 1.82) is 0 Å². The summed E-state index contributed by atoms with van der Waals surface area (Å²) in [5.74, 6) is 0.915. The number of benzene rings is 1. The summed E-state index contributed by atoms with van der Waals surface area (Å²) < 4.78 is 1.32. The van der Waals surface area contributed by atoms with E-state index in [1.54, 1.807) is 0 Å². The van der Waals surface area contributed by atoms with Gasteiger partial charge in [0.1, 0.15) is 0 Å². The smallest absolute Gasteiger partial charge is 0.0319 e. The molecular weight excluding hydrogens is 359 g/mol. The summed E-state index contributed by atoms with van der Waals surface area (Å²) >= 11 is 2.38. The van der Waals surface area contributed by atoms with Gasteiger partial charge < -0.3 is 5.32 Å². The fourth-order valence-electron chi connectivity index (χ4n) is 3.78. The van der Waals surface area contributed by atoms with E-state index in [1.165, 1.54) is 54.5 Å². The van der Waals surface area contributed by atoms with Gasteiger partial charge in [0, 0.05) is 15.7 Å². The van der Waals surface area contributed by atoms with Crippen molar-refractivity contribution in [3.05, 3.63) is 33.4 Å². The standard InChI is InChI=1S/C17H25IN2/c1-13(14-4-6-16(18)7-5-14)20-11-8-15(9-12-20)17-3-2-10-19-17/h4-7,13,15,17,19H,2-3,8-12H2,1H3. The molecule has 1 aromatic rings. The number of hydrogen-bond acceptors (Lipinski definition) is 2. The fourth-order valence-corrected chi connectivity index (χ4v) is 4.13. The Morgan fingerprint density at radius 3 is 2.45 bits per heavy atom. The van der Waals surface area contributed by atoms with Gasteiger partial charge in [0.25, 0.3) is 0 Å². The van der Waals surface area contributed by atoms with E-state index in [1.807, 2.05) is 0 Å². The predicted molar refractivity (Wildman–Crippen MR) is 92.9 cm³/mol. The number of nitrogens with zero attached hydrogens (tertiary/aromatic N) is 1. The van der Waals surface area contributed by atoms with E-state index < -0.39 is 0 Å². The van der Waals surface area contributed by atoms with Crippen LogP contribution in [0.4, 0.5) is 0 Å². The lowest BCUT2D eigenvalue weighted by atomic mass is 9.87. The second kappa shape index (κ2) is 6.75. The number of nitrogens with one attached hydrogen (secondary N) is 1. The molecule has 2 fully saturated rings. The topological polar surface area (TPSA) is 15.3 Å². The minimum absolute atomic E-state index is 0.560. The highest BCUT2D eigenvalue weighted by molar-refractivity contribution is 14.1. The van der Waals surface area contributed by atoms with E-state index in [9.17, 15) is 0 Å². The SMILES string of the molecule is CC(c1ccc(I)cc1)N1CCC(C2CCCN2)CC1. The lowest BCUT2D eigenvalue weighted by Crippen LogP contribution is -2.41. The van der Waals surface area contributed by atoms with Crippen molar-refractivity contribution in [3.8, 4) is 0 Å². The third-order valence-corrected chi connectivity index (χ3v) is 5.86. The maximum absolute atomic E-state index is 3.69.